The molecule has 3 aromatic rings. The van der Waals surface area contributed by atoms with Crippen LogP contribution in [-0.4, -0.2) is 12.5 Å². The molecule has 0 radical (unpaired) electrons. The largest absolute Gasteiger partial charge is 0.494 e. The molecule has 0 saturated heterocycles. The zero-order chi connectivity index (χ0) is 20.5. The third kappa shape index (κ3) is 5.70. The average Bonchev–Trinajstić information content (AvgIpc) is 2.74. The number of nitrogens with one attached hydrogen (secondary N) is 1. The number of unbranched alkanes of at least 4 members (excludes halogenated alkanes) is 5. The molecule has 152 valence electrons. The molecule has 29 heavy (non-hydrogen) atoms. The van der Waals surface area contributed by atoms with Crippen molar-refractivity contribution >= 4 is 22.6 Å². The third-order valence-electron chi connectivity index (χ3n) is 4.82. The lowest BCUT2D eigenvalue weighted by atomic mass is 10.1. The molecule has 1 amide bonds. The Labute approximate surface area is 170 Å². The van der Waals surface area contributed by atoms with Crippen molar-refractivity contribution < 1.29 is 13.9 Å². The van der Waals surface area contributed by atoms with E-state index in [-0.39, 0.29) is 11.3 Å². The molecule has 0 atom stereocenters. The number of fused-ring (bicyclic) bond motifs is 1. The SMILES string of the molecule is CCCCCCCCOc1ccc(C(=O)Nc2cccc3c(=O)ccoc23)cc1. The molecular formula is C24H27NO4. The van der Waals surface area contributed by atoms with Crippen LogP contribution in [0, 0.1) is 0 Å². The molecule has 5 heteroatoms. The van der Waals surface area contributed by atoms with Crippen LogP contribution in [0.1, 0.15) is 55.8 Å². The zero-order valence-corrected chi connectivity index (χ0v) is 16.8. The smallest absolute Gasteiger partial charge is 0.255 e. The minimum Gasteiger partial charge on any atom is -0.494 e. The number of carbonyl (C=O) groups excluding carboxylic acids is 1. The molecule has 0 saturated carbocycles. The number of rotatable bonds is 10. The second kappa shape index (κ2) is 10.5. The highest BCUT2D eigenvalue weighted by atomic mass is 16.5. The summed E-state index contributed by atoms with van der Waals surface area (Å²) in [5.74, 6) is 0.484. The molecule has 0 unspecified atom stereocenters. The molecule has 1 N–H and O–H groups in total. The van der Waals surface area contributed by atoms with Gasteiger partial charge in [0.15, 0.2) is 11.0 Å². The van der Waals surface area contributed by atoms with Gasteiger partial charge < -0.3 is 14.5 Å². The Morgan fingerprint density at radius 1 is 0.966 bits per heavy atom. The molecule has 1 aromatic heterocycles. The van der Waals surface area contributed by atoms with E-state index in [1.807, 2.05) is 0 Å². The maximum atomic E-state index is 12.6. The number of amides is 1. The summed E-state index contributed by atoms with van der Waals surface area (Å²) in [5, 5.41) is 3.25. The number of ether oxygens (including phenoxy) is 1. The summed E-state index contributed by atoms with van der Waals surface area (Å²) >= 11 is 0. The van der Waals surface area contributed by atoms with Crippen LogP contribution in [0.15, 0.2) is 64.0 Å². The van der Waals surface area contributed by atoms with Crippen LogP contribution in [0.4, 0.5) is 5.69 Å². The Morgan fingerprint density at radius 2 is 1.72 bits per heavy atom. The van der Waals surface area contributed by atoms with Gasteiger partial charge in [-0.3, -0.25) is 9.59 Å². The lowest BCUT2D eigenvalue weighted by Gasteiger charge is -2.09. The highest BCUT2D eigenvalue weighted by Crippen LogP contribution is 2.22. The molecule has 5 nitrogen and oxygen atoms in total. The van der Waals surface area contributed by atoms with Gasteiger partial charge >= 0.3 is 0 Å². The monoisotopic (exact) mass is 393 g/mol. The van der Waals surface area contributed by atoms with Crippen molar-refractivity contribution in [3.05, 3.63) is 70.6 Å². The molecule has 2 aromatic carbocycles. The minimum absolute atomic E-state index is 0.144. The van der Waals surface area contributed by atoms with Crippen LogP contribution in [0.25, 0.3) is 11.0 Å². The number of hydrogen-bond acceptors (Lipinski definition) is 4. The number of benzene rings is 2. The summed E-state index contributed by atoms with van der Waals surface area (Å²) in [6.07, 6.45) is 8.65. The molecular weight excluding hydrogens is 366 g/mol. The van der Waals surface area contributed by atoms with Gasteiger partial charge in [0.1, 0.15) is 5.75 Å². The average molecular weight is 393 g/mol. The molecule has 0 aliphatic rings. The van der Waals surface area contributed by atoms with Crippen molar-refractivity contribution in [1.29, 1.82) is 0 Å². The quantitative estimate of drug-likeness (QED) is 0.443. The number of hydrogen-bond donors (Lipinski definition) is 1. The summed E-state index contributed by atoms with van der Waals surface area (Å²) in [6.45, 7) is 2.90. The molecule has 1 heterocycles. The summed E-state index contributed by atoms with van der Waals surface area (Å²) < 4.78 is 11.2. The molecule has 0 spiro atoms. The molecule has 0 aliphatic heterocycles. The highest BCUT2D eigenvalue weighted by Gasteiger charge is 2.11. The van der Waals surface area contributed by atoms with E-state index >= 15 is 0 Å². The van der Waals surface area contributed by atoms with Crippen molar-refractivity contribution in [3.8, 4) is 5.75 Å². The van der Waals surface area contributed by atoms with E-state index in [2.05, 4.69) is 12.2 Å². The molecule has 0 fully saturated rings. The van der Waals surface area contributed by atoms with Gasteiger partial charge in [-0.2, -0.15) is 0 Å². The predicted octanol–water partition coefficient (Wildman–Crippen LogP) is 5.78. The van der Waals surface area contributed by atoms with Crippen molar-refractivity contribution in [2.45, 2.75) is 45.4 Å². The lowest BCUT2D eigenvalue weighted by Crippen LogP contribution is -2.12. The standard InChI is InChI=1S/C24H27NO4/c1-2-3-4-5-6-7-16-28-19-13-11-18(12-14-19)24(27)25-21-10-8-9-20-22(26)15-17-29-23(20)21/h8-15,17H,2-7,16H2,1H3,(H,25,27). The zero-order valence-electron chi connectivity index (χ0n) is 16.8. The second-order valence-electron chi connectivity index (χ2n) is 7.06. The maximum absolute atomic E-state index is 12.6. The van der Waals surface area contributed by atoms with Crippen LogP contribution in [0.5, 0.6) is 5.75 Å². The van der Waals surface area contributed by atoms with Gasteiger partial charge in [0.2, 0.25) is 0 Å². The summed E-state index contributed by atoms with van der Waals surface area (Å²) in [6, 6.07) is 13.5. The van der Waals surface area contributed by atoms with E-state index in [1.54, 1.807) is 42.5 Å². The van der Waals surface area contributed by atoms with Crippen LogP contribution in [0.2, 0.25) is 0 Å². The van der Waals surface area contributed by atoms with Gasteiger partial charge in [0.25, 0.3) is 5.91 Å². The first-order valence-corrected chi connectivity index (χ1v) is 10.2. The lowest BCUT2D eigenvalue weighted by molar-refractivity contribution is 0.102. The van der Waals surface area contributed by atoms with Gasteiger partial charge in [0.05, 0.1) is 23.9 Å². The van der Waals surface area contributed by atoms with Crippen LogP contribution in [0.3, 0.4) is 0 Å². The number of anilines is 1. The normalized spacial score (nSPS) is 10.8. The first-order valence-electron chi connectivity index (χ1n) is 10.2. The van der Waals surface area contributed by atoms with E-state index in [9.17, 15) is 9.59 Å². The van der Waals surface area contributed by atoms with Crippen molar-refractivity contribution in [2.24, 2.45) is 0 Å². The summed E-state index contributed by atoms with van der Waals surface area (Å²) in [5.41, 5.74) is 1.20. The molecule has 3 rings (SSSR count). The fraction of sp³-hybridized carbons (Fsp3) is 0.333. The van der Waals surface area contributed by atoms with E-state index in [0.717, 1.165) is 12.2 Å². The number of carbonyl (C=O) groups is 1. The van der Waals surface area contributed by atoms with E-state index < -0.39 is 0 Å². The van der Waals surface area contributed by atoms with Crippen molar-refractivity contribution in [1.82, 2.24) is 0 Å². The second-order valence-corrected chi connectivity index (χ2v) is 7.06. The first-order chi connectivity index (χ1) is 14.2. The Bertz CT molecular complexity index is 992. The van der Waals surface area contributed by atoms with Crippen molar-refractivity contribution in [3.63, 3.8) is 0 Å². The van der Waals surface area contributed by atoms with Crippen LogP contribution >= 0.6 is 0 Å². The van der Waals surface area contributed by atoms with E-state index in [4.69, 9.17) is 9.15 Å². The van der Waals surface area contributed by atoms with Gasteiger partial charge in [-0.05, 0) is 42.8 Å². The Balaban J connectivity index is 1.55. The highest BCUT2D eigenvalue weighted by molar-refractivity contribution is 6.07. The molecule has 0 bridgehead atoms. The Morgan fingerprint density at radius 3 is 2.52 bits per heavy atom. The van der Waals surface area contributed by atoms with Crippen LogP contribution in [-0.2, 0) is 0 Å². The maximum Gasteiger partial charge on any atom is 0.255 e. The van der Waals surface area contributed by atoms with Gasteiger partial charge in [0, 0.05) is 11.6 Å². The third-order valence-corrected chi connectivity index (χ3v) is 4.82. The summed E-state index contributed by atoms with van der Waals surface area (Å²) in [7, 11) is 0. The fourth-order valence-electron chi connectivity index (χ4n) is 3.18. The summed E-state index contributed by atoms with van der Waals surface area (Å²) in [4.78, 5) is 24.5. The predicted molar refractivity (Wildman–Crippen MR) is 116 cm³/mol. The Hall–Kier alpha value is -3.08. The van der Waals surface area contributed by atoms with E-state index in [0.29, 0.717) is 28.8 Å². The van der Waals surface area contributed by atoms with Gasteiger partial charge in [-0.25, -0.2) is 0 Å². The fourth-order valence-corrected chi connectivity index (χ4v) is 3.18. The minimum atomic E-state index is -0.272. The van der Waals surface area contributed by atoms with Crippen molar-refractivity contribution in [2.75, 3.05) is 11.9 Å². The van der Waals surface area contributed by atoms with Gasteiger partial charge in [-0.15, -0.1) is 0 Å². The van der Waals surface area contributed by atoms with Gasteiger partial charge in [-0.1, -0.05) is 45.1 Å². The number of para-hydroxylation sites is 1. The first kappa shape index (κ1) is 20.6. The van der Waals surface area contributed by atoms with E-state index in [1.165, 1.54) is 44.4 Å². The molecule has 0 aliphatic carbocycles. The topological polar surface area (TPSA) is 68.5 Å². The van der Waals surface area contributed by atoms with Crippen LogP contribution < -0.4 is 15.5 Å². The Kier molecular flexibility index (Phi) is 7.45.